The molecule has 11 nitrogen and oxygen atoms in total. The molecule has 0 N–H and O–H groups in total. The van der Waals surface area contributed by atoms with Gasteiger partial charge in [0.05, 0.1) is 0 Å². The minimum Gasteiger partial charge on any atom is -0.463 e. The first-order valence-corrected chi connectivity index (χ1v) is 15.4. The van der Waals surface area contributed by atoms with E-state index in [1.807, 2.05) is 0 Å². The Labute approximate surface area is 250 Å². The lowest BCUT2D eigenvalue weighted by Crippen LogP contribution is -2.63. The fraction of sp³-hybridized carbons (Fsp3) is 0.839. The lowest BCUT2D eigenvalue weighted by atomic mass is 9.98. The van der Waals surface area contributed by atoms with Crippen molar-refractivity contribution in [1.82, 2.24) is 0 Å². The average molecular weight is 601 g/mol. The molecular weight excluding hydrogens is 548 g/mol. The van der Waals surface area contributed by atoms with Gasteiger partial charge >= 0.3 is 23.9 Å². The highest BCUT2D eigenvalue weighted by atomic mass is 16.7. The van der Waals surface area contributed by atoms with E-state index in [9.17, 15) is 24.0 Å². The van der Waals surface area contributed by atoms with Crippen LogP contribution in [0.2, 0.25) is 0 Å². The Hall–Kier alpha value is -2.53. The summed E-state index contributed by atoms with van der Waals surface area (Å²) in [6, 6.07) is 0. The van der Waals surface area contributed by atoms with Gasteiger partial charge in [0, 0.05) is 40.7 Å². The van der Waals surface area contributed by atoms with Crippen LogP contribution in [0.3, 0.4) is 0 Å². The molecule has 0 bridgehead atoms. The first kappa shape index (κ1) is 37.5. The number of hydrogen-bond acceptors (Lipinski definition) is 11. The van der Waals surface area contributed by atoms with Crippen molar-refractivity contribution in [3.8, 4) is 0 Å². The summed E-state index contributed by atoms with van der Waals surface area (Å²) in [7, 11) is 0. The van der Waals surface area contributed by atoms with E-state index in [1.165, 1.54) is 72.6 Å². The van der Waals surface area contributed by atoms with E-state index in [0.717, 1.165) is 38.5 Å². The van der Waals surface area contributed by atoms with Gasteiger partial charge in [-0.15, -0.1) is 0 Å². The lowest BCUT2D eigenvalue weighted by Gasteiger charge is -2.44. The molecule has 1 aliphatic rings. The monoisotopic (exact) mass is 600 g/mol. The maximum absolute atomic E-state index is 11.9. The van der Waals surface area contributed by atoms with E-state index < -0.39 is 54.6 Å². The van der Waals surface area contributed by atoms with E-state index in [1.54, 1.807) is 6.92 Å². The highest BCUT2D eigenvalue weighted by Gasteiger charge is 2.52. The van der Waals surface area contributed by atoms with Crippen LogP contribution in [0, 0.1) is 0 Å². The number of ether oxygens (including phenoxy) is 6. The molecule has 0 aromatic heterocycles. The van der Waals surface area contributed by atoms with Gasteiger partial charge in [-0.1, -0.05) is 70.6 Å². The fourth-order valence-corrected chi connectivity index (χ4v) is 4.94. The van der Waals surface area contributed by atoms with E-state index in [2.05, 4.69) is 0 Å². The van der Waals surface area contributed by atoms with Crippen LogP contribution in [0.25, 0.3) is 0 Å². The van der Waals surface area contributed by atoms with E-state index in [4.69, 9.17) is 28.4 Å². The SMILES string of the molecule is CC(=O)CCCCCCCCCCCCCCCO[C@@H]1O[C@H](COC(C)=O)[C@@H](OC(C)=O)[C@H](OC(C)=O)[C@H]1OC(C)=O. The molecule has 0 aromatic carbocycles. The molecule has 0 amide bonds. The highest BCUT2D eigenvalue weighted by Crippen LogP contribution is 2.30. The summed E-state index contributed by atoms with van der Waals surface area (Å²) in [5.41, 5.74) is 0. The first-order chi connectivity index (χ1) is 20.0. The molecule has 1 saturated heterocycles. The van der Waals surface area contributed by atoms with E-state index >= 15 is 0 Å². The molecule has 0 unspecified atom stereocenters. The second-order valence-corrected chi connectivity index (χ2v) is 11.0. The maximum Gasteiger partial charge on any atom is 0.303 e. The van der Waals surface area contributed by atoms with Crippen molar-refractivity contribution in [2.75, 3.05) is 13.2 Å². The quantitative estimate of drug-likeness (QED) is 0.0927. The Balaban J connectivity index is 2.47. The van der Waals surface area contributed by atoms with Crippen LogP contribution in [0.5, 0.6) is 0 Å². The summed E-state index contributed by atoms with van der Waals surface area (Å²) < 4.78 is 33.1. The van der Waals surface area contributed by atoms with Crippen LogP contribution >= 0.6 is 0 Å². The first-order valence-electron chi connectivity index (χ1n) is 15.4. The van der Waals surface area contributed by atoms with Crippen molar-refractivity contribution >= 4 is 29.7 Å². The van der Waals surface area contributed by atoms with Crippen LogP contribution in [-0.2, 0) is 52.4 Å². The summed E-state index contributed by atoms with van der Waals surface area (Å²) in [5.74, 6) is -2.29. The van der Waals surface area contributed by atoms with Gasteiger partial charge in [0.1, 0.15) is 18.5 Å². The molecule has 42 heavy (non-hydrogen) atoms. The predicted molar refractivity (Wildman–Crippen MR) is 153 cm³/mol. The lowest BCUT2D eigenvalue weighted by molar-refractivity contribution is -0.308. The van der Waals surface area contributed by atoms with Crippen molar-refractivity contribution in [2.24, 2.45) is 0 Å². The zero-order valence-corrected chi connectivity index (χ0v) is 26.2. The number of esters is 4. The number of unbranched alkanes of at least 4 members (excludes halogenated alkanes) is 12. The van der Waals surface area contributed by atoms with Gasteiger partial charge in [-0.25, -0.2) is 0 Å². The largest absolute Gasteiger partial charge is 0.463 e. The number of ketones is 1. The summed E-state index contributed by atoms with van der Waals surface area (Å²) in [6.45, 7) is 6.47. The Morgan fingerprint density at radius 3 is 1.40 bits per heavy atom. The standard InChI is InChI=1S/C31H52O11/c1-22(32)19-17-15-13-11-9-7-6-8-10-12-14-16-18-20-37-31-30(41-26(5)36)29(40-25(4)35)28(39-24(3)34)27(42-31)21-38-23(2)33/h27-31H,6-21H2,1-5H3/t27-,28-,29+,30-,31-/m1/s1. The summed E-state index contributed by atoms with van der Waals surface area (Å²) in [5, 5.41) is 0. The molecule has 0 saturated carbocycles. The zero-order valence-electron chi connectivity index (χ0n) is 26.2. The Morgan fingerprint density at radius 1 is 0.524 bits per heavy atom. The molecule has 1 fully saturated rings. The molecule has 1 heterocycles. The number of hydrogen-bond donors (Lipinski definition) is 0. The zero-order chi connectivity index (χ0) is 31.3. The van der Waals surface area contributed by atoms with E-state index in [-0.39, 0.29) is 12.4 Å². The Bertz CT molecular complexity index is 828. The van der Waals surface area contributed by atoms with Crippen LogP contribution in [0.15, 0.2) is 0 Å². The fourth-order valence-electron chi connectivity index (χ4n) is 4.94. The smallest absolute Gasteiger partial charge is 0.303 e. The molecule has 1 aliphatic heterocycles. The van der Waals surface area contributed by atoms with Crippen molar-refractivity contribution in [1.29, 1.82) is 0 Å². The number of rotatable bonds is 22. The number of carbonyl (C=O) groups is 5. The topological polar surface area (TPSA) is 141 Å². The molecule has 0 spiro atoms. The van der Waals surface area contributed by atoms with Crippen molar-refractivity contribution < 1.29 is 52.4 Å². The molecule has 1 rings (SSSR count). The van der Waals surface area contributed by atoms with Gasteiger partial charge < -0.3 is 33.2 Å². The third kappa shape index (κ3) is 17.4. The van der Waals surface area contributed by atoms with Gasteiger partial charge in [-0.05, 0) is 19.8 Å². The summed E-state index contributed by atoms with van der Waals surface area (Å²) in [6.07, 6.45) is 9.71. The molecule has 0 radical (unpaired) electrons. The van der Waals surface area contributed by atoms with Crippen LogP contribution in [0.4, 0.5) is 0 Å². The minimum atomic E-state index is -1.22. The number of carbonyl (C=O) groups excluding carboxylic acids is 5. The number of Topliss-reactive ketones (excluding diaryl/α,β-unsaturated/α-hetero) is 1. The molecule has 11 heteroatoms. The normalized spacial score (nSPS) is 21.8. The second-order valence-electron chi connectivity index (χ2n) is 11.0. The van der Waals surface area contributed by atoms with Gasteiger partial charge in [0.2, 0.25) is 0 Å². The maximum atomic E-state index is 11.9. The molecule has 5 atom stereocenters. The molecule has 0 aliphatic carbocycles. The minimum absolute atomic E-state index is 0.279. The second kappa shape index (κ2) is 22.1. The predicted octanol–water partition coefficient (Wildman–Crippen LogP) is 5.14. The van der Waals surface area contributed by atoms with Crippen molar-refractivity contribution in [3.05, 3.63) is 0 Å². The van der Waals surface area contributed by atoms with Gasteiger partial charge in [-0.3, -0.25) is 19.2 Å². The van der Waals surface area contributed by atoms with Crippen LogP contribution in [0.1, 0.15) is 125 Å². The summed E-state index contributed by atoms with van der Waals surface area (Å²) >= 11 is 0. The van der Waals surface area contributed by atoms with Crippen molar-refractivity contribution in [2.45, 2.75) is 155 Å². The third-order valence-electron chi connectivity index (χ3n) is 6.90. The highest BCUT2D eigenvalue weighted by molar-refractivity contribution is 5.75. The van der Waals surface area contributed by atoms with Crippen LogP contribution in [-0.4, -0.2) is 73.6 Å². The molecule has 242 valence electrons. The summed E-state index contributed by atoms with van der Waals surface area (Å²) in [4.78, 5) is 58.0. The average Bonchev–Trinajstić information content (AvgIpc) is 2.89. The van der Waals surface area contributed by atoms with Crippen molar-refractivity contribution in [3.63, 3.8) is 0 Å². The van der Waals surface area contributed by atoms with Gasteiger partial charge in [0.25, 0.3) is 0 Å². The molecule has 0 aromatic rings. The van der Waals surface area contributed by atoms with Gasteiger partial charge in [0.15, 0.2) is 24.6 Å². The molecular formula is C31H52O11. The third-order valence-corrected chi connectivity index (χ3v) is 6.90. The Morgan fingerprint density at radius 2 is 0.952 bits per heavy atom. The van der Waals surface area contributed by atoms with E-state index in [0.29, 0.717) is 13.0 Å². The van der Waals surface area contributed by atoms with Gasteiger partial charge in [-0.2, -0.15) is 0 Å². The Kier molecular flexibility index (Phi) is 19.7. The van der Waals surface area contributed by atoms with Crippen LogP contribution < -0.4 is 0 Å².